The highest BCUT2D eigenvalue weighted by molar-refractivity contribution is 7.87. The standard InChI is InChI=1S/C23H28N4O5S/c1-4-14(3)33(29,30)32-20-12-15(10-17-13-26-23(25)27-22(17)24)11-19(31-5-2)21(20)16-6-8-18(28)9-7-16/h6-9,11-14,28H,4-5,10H2,1-3H3,(H4,24,25,26,27). The molecule has 2 aromatic carbocycles. The number of nitrogens with two attached hydrogens (primary N) is 2. The van der Waals surface area contributed by atoms with E-state index in [2.05, 4.69) is 9.97 Å². The number of hydrogen-bond donors (Lipinski definition) is 3. The molecule has 0 aliphatic rings. The van der Waals surface area contributed by atoms with Gasteiger partial charge >= 0.3 is 10.1 Å². The lowest BCUT2D eigenvalue weighted by atomic mass is 9.98. The molecule has 1 aromatic heterocycles. The topological polar surface area (TPSA) is 151 Å². The molecule has 0 saturated heterocycles. The summed E-state index contributed by atoms with van der Waals surface area (Å²) < 4.78 is 37.2. The summed E-state index contributed by atoms with van der Waals surface area (Å²) in [7, 11) is -3.91. The molecule has 10 heteroatoms. The molecule has 176 valence electrons. The van der Waals surface area contributed by atoms with Crippen LogP contribution in [0.5, 0.6) is 17.2 Å². The molecule has 0 saturated carbocycles. The molecular formula is C23H28N4O5S. The summed E-state index contributed by atoms with van der Waals surface area (Å²) in [5.41, 5.74) is 14.0. The van der Waals surface area contributed by atoms with Gasteiger partial charge in [0.25, 0.3) is 0 Å². The van der Waals surface area contributed by atoms with Gasteiger partial charge in [-0.15, -0.1) is 0 Å². The van der Waals surface area contributed by atoms with Gasteiger partial charge in [0, 0.05) is 18.2 Å². The molecule has 1 heterocycles. The van der Waals surface area contributed by atoms with Crippen LogP contribution in [0.2, 0.25) is 0 Å². The number of phenols is 1. The van der Waals surface area contributed by atoms with Gasteiger partial charge in [0.2, 0.25) is 5.95 Å². The average molecular weight is 473 g/mol. The molecular weight excluding hydrogens is 444 g/mol. The Labute approximate surface area is 193 Å². The van der Waals surface area contributed by atoms with Gasteiger partial charge in [0.1, 0.15) is 17.3 Å². The third kappa shape index (κ3) is 5.64. The lowest BCUT2D eigenvalue weighted by Gasteiger charge is -2.19. The summed E-state index contributed by atoms with van der Waals surface area (Å²) in [6, 6.07) is 9.80. The highest BCUT2D eigenvalue weighted by Gasteiger charge is 2.25. The van der Waals surface area contributed by atoms with Crippen molar-refractivity contribution in [2.45, 2.75) is 38.9 Å². The number of aromatic hydroxyl groups is 1. The Morgan fingerprint density at radius 1 is 1.09 bits per heavy atom. The number of hydrogen-bond acceptors (Lipinski definition) is 9. The van der Waals surface area contributed by atoms with E-state index in [4.69, 9.17) is 20.4 Å². The minimum absolute atomic E-state index is 0.0672. The van der Waals surface area contributed by atoms with Gasteiger partial charge in [-0.05, 0) is 55.7 Å². The van der Waals surface area contributed by atoms with Gasteiger partial charge in [-0.2, -0.15) is 13.4 Å². The fourth-order valence-electron chi connectivity index (χ4n) is 3.20. The Morgan fingerprint density at radius 3 is 2.36 bits per heavy atom. The molecule has 0 aliphatic heterocycles. The first kappa shape index (κ1) is 24.1. The van der Waals surface area contributed by atoms with Crippen LogP contribution in [0.15, 0.2) is 42.6 Å². The van der Waals surface area contributed by atoms with Crippen LogP contribution in [0.4, 0.5) is 11.8 Å². The average Bonchev–Trinajstić information content (AvgIpc) is 2.76. The molecule has 1 unspecified atom stereocenters. The predicted octanol–water partition coefficient (Wildman–Crippen LogP) is 3.51. The van der Waals surface area contributed by atoms with Crippen molar-refractivity contribution in [1.82, 2.24) is 9.97 Å². The van der Waals surface area contributed by atoms with E-state index in [0.717, 1.165) is 0 Å². The molecule has 1 atom stereocenters. The monoisotopic (exact) mass is 472 g/mol. The summed E-state index contributed by atoms with van der Waals surface area (Å²) in [5.74, 6) is 0.944. The van der Waals surface area contributed by atoms with Gasteiger partial charge in [0.05, 0.1) is 17.4 Å². The first-order valence-corrected chi connectivity index (χ1v) is 12.0. The van der Waals surface area contributed by atoms with Crippen molar-refractivity contribution < 1.29 is 22.4 Å². The Morgan fingerprint density at radius 2 is 1.76 bits per heavy atom. The molecule has 0 fully saturated rings. The lowest BCUT2D eigenvalue weighted by molar-refractivity contribution is 0.340. The number of nitrogens with zero attached hydrogens (tertiary/aromatic N) is 2. The van der Waals surface area contributed by atoms with Crippen LogP contribution in [0.3, 0.4) is 0 Å². The van der Waals surface area contributed by atoms with Crippen molar-refractivity contribution in [1.29, 1.82) is 0 Å². The molecule has 5 N–H and O–H groups in total. The molecule has 0 spiro atoms. The number of ether oxygens (including phenoxy) is 1. The van der Waals surface area contributed by atoms with Crippen molar-refractivity contribution >= 4 is 21.9 Å². The van der Waals surface area contributed by atoms with Crippen molar-refractivity contribution in [2.75, 3.05) is 18.1 Å². The summed E-state index contributed by atoms with van der Waals surface area (Å²) in [5, 5.41) is 9.00. The number of aromatic nitrogens is 2. The van der Waals surface area contributed by atoms with Crippen LogP contribution in [0.25, 0.3) is 11.1 Å². The van der Waals surface area contributed by atoms with E-state index < -0.39 is 15.4 Å². The quantitative estimate of drug-likeness (QED) is 0.397. The summed E-state index contributed by atoms with van der Waals surface area (Å²) >= 11 is 0. The number of benzene rings is 2. The summed E-state index contributed by atoms with van der Waals surface area (Å²) in [4.78, 5) is 7.97. The lowest BCUT2D eigenvalue weighted by Crippen LogP contribution is -2.22. The van der Waals surface area contributed by atoms with Gasteiger partial charge in [0.15, 0.2) is 5.75 Å². The van der Waals surface area contributed by atoms with Crippen molar-refractivity contribution in [2.24, 2.45) is 0 Å². The van der Waals surface area contributed by atoms with E-state index in [0.29, 0.717) is 47.5 Å². The normalized spacial score (nSPS) is 12.3. The molecule has 0 bridgehead atoms. The molecule has 0 amide bonds. The van der Waals surface area contributed by atoms with Crippen LogP contribution in [-0.4, -0.2) is 35.3 Å². The van der Waals surface area contributed by atoms with Crippen LogP contribution < -0.4 is 20.4 Å². The minimum atomic E-state index is -3.91. The second-order valence-electron chi connectivity index (χ2n) is 7.56. The zero-order chi connectivity index (χ0) is 24.2. The van der Waals surface area contributed by atoms with Crippen LogP contribution >= 0.6 is 0 Å². The summed E-state index contributed by atoms with van der Waals surface area (Å²) in [6.45, 7) is 5.54. The molecule has 3 rings (SSSR count). The highest BCUT2D eigenvalue weighted by atomic mass is 32.2. The smallest absolute Gasteiger partial charge is 0.311 e. The Kier molecular flexibility index (Phi) is 7.27. The second-order valence-corrected chi connectivity index (χ2v) is 9.51. The number of rotatable bonds is 9. The van der Waals surface area contributed by atoms with Gasteiger partial charge < -0.3 is 25.5 Å². The van der Waals surface area contributed by atoms with Crippen LogP contribution in [0, 0.1) is 0 Å². The van der Waals surface area contributed by atoms with E-state index in [1.165, 1.54) is 18.3 Å². The fourth-order valence-corrected chi connectivity index (χ4v) is 4.15. The Hall–Kier alpha value is -3.53. The van der Waals surface area contributed by atoms with Gasteiger partial charge in [-0.25, -0.2) is 4.98 Å². The van der Waals surface area contributed by atoms with E-state index >= 15 is 0 Å². The maximum absolute atomic E-state index is 12.8. The van der Waals surface area contributed by atoms with E-state index in [1.807, 2.05) is 6.92 Å². The van der Waals surface area contributed by atoms with Crippen molar-refractivity contribution in [3.8, 4) is 28.4 Å². The minimum Gasteiger partial charge on any atom is -0.508 e. The predicted molar refractivity (Wildman–Crippen MR) is 128 cm³/mol. The number of anilines is 2. The SMILES string of the molecule is CCOc1cc(Cc2cnc(N)nc2N)cc(OS(=O)(=O)C(C)CC)c1-c1ccc(O)cc1. The molecule has 33 heavy (non-hydrogen) atoms. The first-order chi connectivity index (χ1) is 15.6. The van der Waals surface area contributed by atoms with E-state index in [9.17, 15) is 13.5 Å². The zero-order valence-corrected chi connectivity index (χ0v) is 19.6. The van der Waals surface area contributed by atoms with Crippen LogP contribution in [0.1, 0.15) is 38.3 Å². The highest BCUT2D eigenvalue weighted by Crippen LogP contribution is 2.42. The fraction of sp³-hybridized carbons (Fsp3) is 0.304. The molecule has 3 aromatic rings. The number of phenolic OH excluding ortho intramolecular Hbond substituents is 1. The van der Waals surface area contributed by atoms with E-state index in [-0.39, 0.29) is 23.3 Å². The maximum Gasteiger partial charge on any atom is 0.311 e. The number of nitrogen functional groups attached to an aromatic ring is 2. The van der Waals surface area contributed by atoms with Gasteiger partial charge in [-0.3, -0.25) is 0 Å². The Balaban J connectivity index is 2.18. The first-order valence-electron chi connectivity index (χ1n) is 10.5. The third-order valence-electron chi connectivity index (χ3n) is 5.17. The van der Waals surface area contributed by atoms with Crippen molar-refractivity contribution in [3.63, 3.8) is 0 Å². The zero-order valence-electron chi connectivity index (χ0n) is 18.8. The van der Waals surface area contributed by atoms with E-state index in [1.54, 1.807) is 38.1 Å². The molecule has 0 aliphatic carbocycles. The summed E-state index contributed by atoms with van der Waals surface area (Å²) in [6.07, 6.45) is 2.23. The Bertz CT molecular complexity index is 1230. The molecule has 9 nitrogen and oxygen atoms in total. The van der Waals surface area contributed by atoms with Crippen molar-refractivity contribution in [3.05, 3.63) is 53.7 Å². The molecule has 0 radical (unpaired) electrons. The maximum atomic E-state index is 12.8. The second kappa shape index (κ2) is 9.95. The largest absolute Gasteiger partial charge is 0.508 e. The van der Waals surface area contributed by atoms with Gasteiger partial charge in [-0.1, -0.05) is 19.1 Å². The van der Waals surface area contributed by atoms with Crippen LogP contribution in [-0.2, 0) is 16.5 Å². The third-order valence-corrected chi connectivity index (χ3v) is 6.90.